The number of hydrogen-bond donors (Lipinski definition) is 0. The van der Waals surface area contributed by atoms with E-state index in [0.29, 0.717) is 17.6 Å². The quantitative estimate of drug-likeness (QED) is 0.202. The Morgan fingerprint density at radius 2 is 1.38 bits per heavy atom. The molecular weight excluding hydrogens is 422 g/mol. The van der Waals surface area contributed by atoms with Crippen molar-refractivity contribution in [2.75, 3.05) is 7.05 Å². The standard InChI is InChI=1S/C30H29NO3/c1-4-15-23(5-2)29(32)31(3)27(24-16-9-6-10-17-24)22-28(25-18-11-7-12-19-25)34-30(33)26-20-13-8-14-21-26/h4-21,27-28H,1-2,22H2,3H3/b23-15+. The van der Waals surface area contributed by atoms with Gasteiger partial charge in [0.1, 0.15) is 6.10 Å². The highest BCUT2D eigenvalue weighted by atomic mass is 16.5. The van der Waals surface area contributed by atoms with Crippen molar-refractivity contribution in [2.45, 2.75) is 18.6 Å². The van der Waals surface area contributed by atoms with Gasteiger partial charge in [-0.15, -0.1) is 0 Å². The van der Waals surface area contributed by atoms with E-state index < -0.39 is 12.1 Å². The average molecular weight is 452 g/mol. The van der Waals surface area contributed by atoms with E-state index in [1.807, 2.05) is 66.7 Å². The molecule has 3 rings (SSSR count). The van der Waals surface area contributed by atoms with Gasteiger partial charge >= 0.3 is 5.97 Å². The molecule has 0 N–H and O–H groups in total. The lowest BCUT2D eigenvalue weighted by Crippen LogP contribution is -2.33. The number of ether oxygens (including phenoxy) is 1. The smallest absolute Gasteiger partial charge is 0.338 e. The van der Waals surface area contributed by atoms with Crippen molar-refractivity contribution in [3.63, 3.8) is 0 Å². The number of nitrogens with zero attached hydrogens (tertiary/aromatic N) is 1. The van der Waals surface area contributed by atoms with Gasteiger partial charge in [0.15, 0.2) is 0 Å². The molecule has 3 aromatic carbocycles. The molecule has 1 amide bonds. The molecule has 4 heteroatoms. The lowest BCUT2D eigenvalue weighted by Gasteiger charge is -2.32. The van der Waals surface area contributed by atoms with Gasteiger partial charge in [-0.2, -0.15) is 0 Å². The number of rotatable bonds is 10. The van der Waals surface area contributed by atoms with Crippen LogP contribution in [-0.2, 0) is 9.53 Å². The van der Waals surface area contributed by atoms with Crippen molar-refractivity contribution < 1.29 is 14.3 Å². The molecule has 172 valence electrons. The van der Waals surface area contributed by atoms with Crippen LogP contribution in [0.1, 0.15) is 40.1 Å². The molecule has 4 nitrogen and oxygen atoms in total. The van der Waals surface area contributed by atoms with Crippen molar-refractivity contribution in [3.05, 3.63) is 145 Å². The number of likely N-dealkylation sites (N-methyl/N-ethyl adjacent to an activating group) is 1. The Labute approximate surface area is 201 Å². The Morgan fingerprint density at radius 1 is 0.853 bits per heavy atom. The monoisotopic (exact) mass is 451 g/mol. The summed E-state index contributed by atoms with van der Waals surface area (Å²) >= 11 is 0. The van der Waals surface area contributed by atoms with Gasteiger partial charge in [-0.1, -0.05) is 110 Å². The Hall–Kier alpha value is -4.18. The summed E-state index contributed by atoms with van der Waals surface area (Å²) in [5, 5.41) is 0. The van der Waals surface area contributed by atoms with E-state index in [1.165, 1.54) is 6.08 Å². The molecule has 0 aliphatic heterocycles. The summed E-state index contributed by atoms with van der Waals surface area (Å²) in [5.74, 6) is -0.599. The first-order chi connectivity index (χ1) is 16.5. The molecule has 0 radical (unpaired) electrons. The Balaban J connectivity index is 1.98. The Kier molecular flexibility index (Phi) is 8.75. The third kappa shape index (κ3) is 6.20. The summed E-state index contributed by atoms with van der Waals surface area (Å²) in [4.78, 5) is 27.9. The van der Waals surface area contributed by atoms with Crippen LogP contribution in [-0.4, -0.2) is 23.8 Å². The summed E-state index contributed by atoms with van der Waals surface area (Å²) in [6, 6.07) is 27.9. The van der Waals surface area contributed by atoms with Crippen LogP contribution >= 0.6 is 0 Å². The van der Waals surface area contributed by atoms with Crippen LogP contribution in [0.5, 0.6) is 0 Å². The number of esters is 1. The summed E-state index contributed by atoms with van der Waals surface area (Å²) in [7, 11) is 1.75. The summed E-state index contributed by atoms with van der Waals surface area (Å²) in [5.41, 5.74) is 2.72. The largest absolute Gasteiger partial charge is 0.454 e. The minimum Gasteiger partial charge on any atom is -0.454 e. The normalized spacial score (nSPS) is 12.8. The van der Waals surface area contributed by atoms with Crippen molar-refractivity contribution >= 4 is 11.9 Å². The first-order valence-electron chi connectivity index (χ1n) is 11.1. The summed E-state index contributed by atoms with van der Waals surface area (Å²) in [6.07, 6.45) is 4.54. The minimum atomic E-state index is -0.565. The molecule has 0 saturated heterocycles. The summed E-state index contributed by atoms with van der Waals surface area (Å²) in [6.45, 7) is 7.45. The van der Waals surface area contributed by atoms with Crippen LogP contribution in [0.4, 0.5) is 0 Å². The van der Waals surface area contributed by atoms with Crippen LogP contribution in [0.2, 0.25) is 0 Å². The molecule has 0 aliphatic carbocycles. The van der Waals surface area contributed by atoms with E-state index in [1.54, 1.807) is 48.4 Å². The van der Waals surface area contributed by atoms with Gasteiger partial charge in [0, 0.05) is 19.0 Å². The Bertz CT molecular complexity index is 1140. The highest BCUT2D eigenvalue weighted by Crippen LogP contribution is 2.34. The number of benzene rings is 3. The molecular formula is C30H29NO3. The topological polar surface area (TPSA) is 46.6 Å². The maximum atomic E-state index is 13.3. The van der Waals surface area contributed by atoms with Gasteiger partial charge < -0.3 is 9.64 Å². The fraction of sp³-hybridized carbons (Fsp3) is 0.133. The molecule has 0 aromatic heterocycles. The van der Waals surface area contributed by atoms with E-state index in [0.717, 1.165) is 11.1 Å². The zero-order valence-corrected chi connectivity index (χ0v) is 19.3. The summed E-state index contributed by atoms with van der Waals surface area (Å²) < 4.78 is 6.01. The van der Waals surface area contributed by atoms with Gasteiger partial charge in [0.25, 0.3) is 5.91 Å². The van der Waals surface area contributed by atoms with E-state index in [9.17, 15) is 9.59 Å². The first kappa shape index (κ1) is 24.5. The van der Waals surface area contributed by atoms with E-state index in [4.69, 9.17) is 4.74 Å². The molecule has 0 spiro atoms. The molecule has 0 bridgehead atoms. The fourth-order valence-electron chi connectivity index (χ4n) is 3.79. The second-order valence-electron chi connectivity index (χ2n) is 7.81. The molecule has 0 aliphatic rings. The molecule has 2 unspecified atom stereocenters. The van der Waals surface area contributed by atoms with E-state index >= 15 is 0 Å². The predicted octanol–water partition coefficient (Wildman–Crippen LogP) is 6.47. The second-order valence-corrected chi connectivity index (χ2v) is 7.81. The molecule has 2 atom stereocenters. The maximum absolute atomic E-state index is 13.3. The molecule has 3 aromatic rings. The van der Waals surface area contributed by atoms with Gasteiger partial charge in [0.05, 0.1) is 11.6 Å². The lowest BCUT2D eigenvalue weighted by atomic mass is 9.95. The number of amides is 1. The van der Waals surface area contributed by atoms with E-state index in [2.05, 4.69) is 13.2 Å². The fourth-order valence-corrected chi connectivity index (χ4v) is 3.79. The van der Waals surface area contributed by atoms with Crippen molar-refractivity contribution in [1.29, 1.82) is 0 Å². The first-order valence-corrected chi connectivity index (χ1v) is 11.1. The van der Waals surface area contributed by atoms with Crippen LogP contribution in [0.3, 0.4) is 0 Å². The number of carbonyl (C=O) groups excluding carboxylic acids is 2. The minimum absolute atomic E-state index is 0.190. The average Bonchev–Trinajstić information content (AvgIpc) is 2.90. The molecule has 34 heavy (non-hydrogen) atoms. The van der Waals surface area contributed by atoms with Gasteiger partial charge in [-0.25, -0.2) is 4.79 Å². The number of hydrogen-bond acceptors (Lipinski definition) is 3. The van der Waals surface area contributed by atoms with Crippen LogP contribution in [0, 0.1) is 0 Å². The van der Waals surface area contributed by atoms with Crippen LogP contribution < -0.4 is 0 Å². The highest BCUT2D eigenvalue weighted by molar-refractivity contribution is 5.96. The van der Waals surface area contributed by atoms with Gasteiger partial charge in [-0.3, -0.25) is 4.79 Å². The van der Waals surface area contributed by atoms with Crippen molar-refractivity contribution in [1.82, 2.24) is 4.90 Å². The van der Waals surface area contributed by atoms with Crippen LogP contribution in [0.25, 0.3) is 0 Å². The van der Waals surface area contributed by atoms with E-state index in [-0.39, 0.29) is 11.9 Å². The van der Waals surface area contributed by atoms with Gasteiger partial charge in [0.2, 0.25) is 0 Å². The predicted molar refractivity (Wildman–Crippen MR) is 136 cm³/mol. The lowest BCUT2D eigenvalue weighted by molar-refractivity contribution is -0.128. The molecule has 0 fully saturated rings. The zero-order chi connectivity index (χ0) is 24.3. The Morgan fingerprint density at radius 3 is 1.91 bits per heavy atom. The third-order valence-corrected chi connectivity index (χ3v) is 5.60. The number of carbonyl (C=O) groups is 2. The van der Waals surface area contributed by atoms with Crippen molar-refractivity contribution in [3.8, 4) is 0 Å². The highest BCUT2D eigenvalue weighted by Gasteiger charge is 2.29. The SMILES string of the molecule is C=C/C=C(\C=C)C(=O)N(C)C(CC(OC(=O)c1ccccc1)c1ccccc1)c1ccccc1. The van der Waals surface area contributed by atoms with Crippen LogP contribution in [0.15, 0.2) is 128 Å². The van der Waals surface area contributed by atoms with Crippen molar-refractivity contribution in [2.24, 2.45) is 0 Å². The third-order valence-electron chi connectivity index (χ3n) is 5.60. The molecule has 0 saturated carbocycles. The second kappa shape index (κ2) is 12.2. The van der Waals surface area contributed by atoms with Gasteiger partial charge in [-0.05, 0) is 23.3 Å². The number of allylic oxidation sites excluding steroid dienone is 2. The zero-order valence-electron chi connectivity index (χ0n) is 19.3. The molecule has 0 heterocycles. The maximum Gasteiger partial charge on any atom is 0.338 e.